The van der Waals surface area contributed by atoms with Crippen LogP contribution in [-0.2, 0) is 6.61 Å². The van der Waals surface area contributed by atoms with E-state index in [2.05, 4.69) is 50.3 Å². The zero-order chi connectivity index (χ0) is 26.2. The summed E-state index contributed by atoms with van der Waals surface area (Å²) < 4.78 is 5.98. The summed E-state index contributed by atoms with van der Waals surface area (Å²) in [5.74, 6) is 1.31. The van der Waals surface area contributed by atoms with Gasteiger partial charge in [0.1, 0.15) is 17.9 Å². The number of rotatable bonds is 6. The molecule has 2 aromatic carbocycles. The van der Waals surface area contributed by atoms with E-state index in [0.29, 0.717) is 29.4 Å². The number of hydrogen-bond donors (Lipinski definition) is 2. The number of nitrogens with zero attached hydrogens (tertiary/aromatic N) is 5. The number of benzene rings is 2. The minimum atomic E-state index is 0.468. The molecule has 0 bridgehead atoms. The van der Waals surface area contributed by atoms with Crippen molar-refractivity contribution in [3.8, 4) is 39.7 Å². The summed E-state index contributed by atoms with van der Waals surface area (Å²) in [4.78, 5) is 22.1. The van der Waals surface area contributed by atoms with Gasteiger partial charge in [0.25, 0.3) is 0 Å². The smallest absolute Gasteiger partial charge is 0.161 e. The molecule has 39 heavy (non-hydrogen) atoms. The molecule has 0 aliphatic heterocycles. The molecule has 0 saturated carbocycles. The maximum Gasteiger partial charge on any atom is 0.161 e. The molecule has 8 nitrogen and oxygen atoms in total. The number of aromatic nitrogens is 7. The number of pyridine rings is 3. The second-order valence-corrected chi connectivity index (χ2v) is 9.39. The first-order chi connectivity index (χ1) is 19.2. The van der Waals surface area contributed by atoms with Crippen LogP contribution in [0.15, 0.2) is 97.6 Å². The minimum Gasteiger partial charge on any atom is -0.487 e. The number of H-pyrrole nitrogens is 2. The molecule has 0 radical (unpaired) electrons. The number of aromatic amines is 2. The molecule has 0 amide bonds. The van der Waals surface area contributed by atoms with E-state index in [0.717, 1.165) is 44.5 Å². The van der Waals surface area contributed by atoms with Crippen LogP contribution in [0.5, 0.6) is 5.75 Å². The highest BCUT2D eigenvalue weighted by Crippen LogP contribution is 2.32. The molecule has 7 rings (SSSR count). The first kappa shape index (κ1) is 22.8. The monoisotopic (exact) mass is 509 g/mol. The summed E-state index contributed by atoms with van der Waals surface area (Å²) >= 11 is 0. The molecule has 2 N–H and O–H groups in total. The predicted molar refractivity (Wildman–Crippen MR) is 151 cm³/mol. The van der Waals surface area contributed by atoms with Crippen molar-refractivity contribution in [2.45, 2.75) is 13.5 Å². The van der Waals surface area contributed by atoms with Crippen molar-refractivity contribution in [3.05, 3.63) is 109 Å². The summed E-state index contributed by atoms with van der Waals surface area (Å²) in [5.41, 5.74) is 9.77. The number of ether oxygens (including phenoxy) is 1. The molecular weight excluding hydrogens is 486 g/mol. The van der Waals surface area contributed by atoms with Crippen LogP contribution in [0.4, 0.5) is 0 Å². The molecule has 0 aliphatic carbocycles. The van der Waals surface area contributed by atoms with Gasteiger partial charge in [-0.3, -0.25) is 15.1 Å². The van der Waals surface area contributed by atoms with Gasteiger partial charge >= 0.3 is 0 Å². The lowest BCUT2D eigenvalue weighted by Gasteiger charge is -2.08. The average Bonchev–Trinajstić information content (AvgIpc) is 3.60. The Morgan fingerprint density at radius 3 is 2.54 bits per heavy atom. The van der Waals surface area contributed by atoms with E-state index in [1.165, 1.54) is 5.56 Å². The second kappa shape index (κ2) is 9.50. The fourth-order valence-corrected chi connectivity index (χ4v) is 4.67. The third kappa shape index (κ3) is 4.38. The Morgan fingerprint density at radius 1 is 0.744 bits per heavy atom. The highest BCUT2D eigenvalue weighted by atomic mass is 16.5. The first-order valence-electron chi connectivity index (χ1n) is 12.6. The van der Waals surface area contributed by atoms with E-state index in [1.807, 2.05) is 60.8 Å². The van der Waals surface area contributed by atoms with Gasteiger partial charge in [-0.05, 0) is 36.2 Å². The largest absolute Gasteiger partial charge is 0.487 e. The molecule has 5 heterocycles. The van der Waals surface area contributed by atoms with Crippen molar-refractivity contribution < 1.29 is 4.74 Å². The van der Waals surface area contributed by atoms with Gasteiger partial charge in [0.2, 0.25) is 0 Å². The van der Waals surface area contributed by atoms with Crippen LogP contribution in [0.25, 0.3) is 56.0 Å². The molecule has 8 heteroatoms. The molecule has 0 unspecified atom stereocenters. The predicted octanol–water partition coefficient (Wildman–Crippen LogP) is 6.51. The van der Waals surface area contributed by atoms with Crippen LogP contribution in [-0.4, -0.2) is 35.1 Å². The van der Waals surface area contributed by atoms with E-state index < -0.39 is 0 Å². The first-order valence-corrected chi connectivity index (χ1v) is 12.6. The van der Waals surface area contributed by atoms with Gasteiger partial charge in [0.15, 0.2) is 11.5 Å². The minimum absolute atomic E-state index is 0.468. The molecular formula is C31H23N7O. The van der Waals surface area contributed by atoms with Crippen molar-refractivity contribution >= 4 is 22.1 Å². The molecule has 5 aromatic heterocycles. The standard InChI is InChI=1S/C31H23N7O/c1-19-6-5-9-21(12-19)24-16-33-17-27-28(24)36-31(35-27)30-29-26(37-38-30)11-10-25(34-29)22-13-23(15-32-14-22)39-18-20-7-3-2-4-8-20/h2-17H,18H2,1H3,(H,35,36)(H,37,38). The normalized spacial score (nSPS) is 11.3. The van der Waals surface area contributed by atoms with E-state index in [4.69, 9.17) is 14.7 Å². The van der Waals surface area contributed by atoms with Crippen molar-refractivity contribution in [2.24, 2.45) is 0 Å². The molecule has 0 spiro atoms. The van der Waals surface area contributed by atoms with Gasteiger partial charge in [0, 0.05) is 23.5 Å². The topological polar surface area (TPSA) is 105 Å². The van der Waals surface area contributed by atoms with Crippen molar-refractivity contribution in [1.29, 1.82) is 0 Å². The van der Waals surface area contributed by atoms with Gasteiger partial charge in [0.05, 0.1) is 34.6 Å². The van der Waals surface area contributed by atoms with Gasteiger partial charge in [-0.1, -0.05) is 60.2 Å². The maximum absolute atomic E-state index is 5.98. The Hall–Kier alpha value is -5.37. The highest BCUT2D eigenvalue weighted by Gasteiger charge is 2.17. The Labute approximate surface area is 223 Å². The second-order valence-electron chi connectivity index (χ2n) is 9.39. The zero-order valence-electron chi connectivity index (χ0n) is 21.1. The summed E-state index contributed by atoms with van der Waals surface area (Å²) in [6.07, 6.45) is 7.12. The van der Waals surface area contributed by atoms with Gasteiger partial charge in [-0.2, -0.15) is 5.10 Å². The van der Waals surface area contributed by atoms with Gasteiger partial charge < -0.3 is 9.72 Å². The van der Waals surface area contributed by atoms with Crippen LogP contribution in [0.3, 0.4) is 0 Å². The summed E-state index contributed by atoms with van der Waals surface area (Å²) in [6, 6.07) is 24.2. The lowest BCUT2D eigenvalue weighted by atomic mass is 10.0. The van der Waals surface area contributed by atoms with Crippen molar-refractivity contribution in [3.63, 3.8) is 0 Å². The van der Waals surface area contributed by atoms with Gasteiger partial charge in [-0.15, -0.1) is 0 Å². The van der Waals surface area contributed by atoms with Gasteiger partial charge in [-0.25, -0.2) is 9.97 Å². The molecule has 0 atom stereocenters. The van der Waals surface area contributed by atoms with E-state index in [9.17, 15) is 0 Å². The number of imidazole rings is 1. The number of aryl methyl sites for hydroxylation is 1. The molecule has 0 fully saturated rings. The zero-order valence-corrected chi connectivity index (χ0v) is 21.1. The van der Waals surface area contributed by atoms with Crippen LogP contribution < -0.4 is 4.74 Å². The molecule has 0 aliphatic rings. The molecule has 188 valence electrons. The SMILES string of the molecule is Cc1cccc(-c2cncc3[nH]c(-c4n[nH]c5ccc(-c6cncc(OCc7ccccc7)c6)nc45)nc23)c1. The van der Waals surface area contributed by atoms with Crippen LogP contribution in [0.2, 0.25) is 0 Å². The molecule has 0 saturated heterocycles. The molecule has 7 aromatic rings. The van der Waals surface area contributed by atoms with Crippen molar-refractivity contribution in [2.75, 3.05) is 0 Å². The Morgan fingerprint density at radius 2 is 1.64 bits per heavy atom. The lowest BCUT2D eigenvalue weighted by Crippen LogP contribution is -1.96. The Kier molecular flexibility index (Phi) is 5.55. The Bertz CT molecular complexity index is 1940. The number of hydrogen-bond acceptors (Lipinski definition) is 6. The number of fused-ring (bicyclic) bond motifs is 2. The summed E-state index contributed by atoms with van der Waals surface area (Å²) in [5, 5.41) is 7.64. The maximum atomic E-state index is 5.98. The summed E-state index contributed by atoms with van der Waals surface area (Å²) in [7, 11) is 0. The fourth-order valence-electron chi connectivity index (χ4n) is 4.67. The van der Waals surface area contributed by atoms with Crippen LogP contribution in [0.1, 0.15) is 11.1 Å². The lowest BCUT2D eigenvalue weighted by molar-refractivity contribution is 0.305. The Balaban J connectivity index is 1.24. The van der Waals surface area contributed by atoms with Crippen LogP contribution >= 0.6 is 0 Å². The van der Waals surface area contributed by atoms with Crippen LogP contribution in [0, 0.1) is 6.92 Å². The summed E-state index contributed by atoms with van der Waals surface area (Å²) in [6.45, 7) is 2.54. The van der Waals surface area contributed by atoms with E-state index in [-0.39, 0.29) is 0 Å². The van der Waals surface area contributed by atoms with Crippen molar-refractivity contribution in [1.82, 2.24) is 35.1 Å². The quantitative estimate of drug-likeness (QED) is 0.265. The highest BCUT2D eigenvalue weighted by molar-refractivity contribution is 5.95. The number of nitrogens with one attached hydrogen (secondary N) is 2. The third-order valence-corrected chi connectivity index (χ3v) is 6.61. The average molecular weight is 510 g/mol. The van der Waals surface area contributed by atoms with E-state index >= 15 is 0 Å². The van der Waals surface area contributed by atoms with E-state index in [1.54, 1.807) is 18.6 Å². The third-order valence-electron chi connectivity index (χ3n) is 6.61. The fraction of sp³-hybridized carbons (Fsp3) is 0.0645.